The van der Waals surface area contributed by atoms with Crippen LogP contribution in [0.2, 0.25) is 0 Å². The van der Waals surface area contributed by atoms with Gasteiger partial charge >= 0.3 is 0 Å². The van der Waals surface area contributed by atoms with Crippen LogP contribution in [-0.2, 0) is 6.42 Å². The van der Waals surface area contributed by atoms with Gasteiger partial charge in [0.1, 0.15) is 0 Å². The summed E-state index contributed by atoms with van der Waals surface area (Å²) >= 11 is 0. The molecule has 0 heteroatoms. The van der Waals surface area contributed by atoms with E-state index < -0.39 is 0 Å². The van der Waals surface area contributed by atoms with Gasteiger partial charge in [-0.3, -0.25) is 0 Å². The molecule has 0 bridgehead atoms. The van der Waals surface area contributed by atoms with Crippen LogP contribution in [0.1, 0.15) is 37.0 Å². The highest BCUT2D eigenvalue weighted by Gasteiger charge is 2.06. The molecule has 0 nitrogen and oxygen atoms in total. The van der Waals surface area contributed by atoms with Crippen molar-refractivity contribution in [2.75, 3.05) is 0 Å². The molecule has 0 saturated heterocycles. The van der Waals surface area contributed by atoms with Crippen LogP contribution < -0.4 is 0 Å². The van der Waals surface area contributed by atoms with Crippen molar-refractivity contribution in [1.29, 1.82) is 0 Å². The van der Waals surface area contributed by atoms with Gasteiger partial charge in [0.25, 0.3) is 0 Å². The molecule has 0 amide bonds. The lowest BCUT2D eigenvalue weighted by Gasteiger charge is -2.12. The summed E-state index contributed by atoms with van der Waals surface area (Å²) < 4.78 is 0. The van der Waals surface area contributed by atoms with Gasteiger partial charge in [-0.25, -0.2) is 0 Å². The van der Waals surface area contributed by atoms with Crippen LogP contribution in [0.3, 0.4) is 0 Å². The maximum atomic E-state index is 2.35. The minimum atomic E-state index is 1.18. The van der Waals surface area contributed by atoms with Crippen LogP contribution in [0.15, 0.2) is 36.4 Å². The molecule has 2 aromatic carbocycles. The summed E-state index contributed by atoms with van der Waals surface area (Å²) in [7, 11) is 0. The van der Waals surface area contributed by atoms with E-state index in [0.717, 1.165) is 0 Å². The van der Waals surface area contributed by atoms with Gasteiger partial charge in [0.15, 0.2) is 0 Å². The summed E-state index contributed by atoms with van der Waals surface area (Å²) in [5.74, 6) is 0. The van der Waals surface area contributed by atoms with Crippen LogP contribution in [0.25, 0.3) is 16.8 Å². The Labute approximate surface area is 104 Å². The molecule has 3 rings (SSSR count). The van der Waals surface area contributed by atoms with Crippen LogP contribution in [-0.4, -0.2) is 0 Å². The number of fused-ring (bicyclic) bond motifs is 2. The van der Waals surface area contributed by atoms with E-state index in [1.54, 1.807) is 0 Å². The summed E-state index contributed by atoms with van der Waals surface area (Å²) in [6.45, 7) is 6.18. The molecule has 1 aliphatic rings. The molecule has 0 heterocycles. The Kier molecular flexibility index (Phi) is 3.63. The van der Waals surface area contributed by atoms with Gasteiger partial charge in [-0.2, -0.15) is 0 Å². The highest BCUT2D eigenvalue weighted by Crippen LogP contribution is 2.27. The zero-order chi connectivity index (χ0) is 12.3. The molecule has 2 aromatic rings. The van der Waals surface area contributed by atoms with Gasteiger partial charge < -0.3 is 0 Å². The van der Waals surface area contributed by atoms with Crippen molar-refractivity contribution in [2.45, 2.75) is 33.6 Å². The first-order valence-corrected chi connectivity index (χ1v) is 6.53. The highest BCUT2D eigenvalue weighted by atomic mass is 14.1. The standard InChI is InChI=1S/C15H14.C2H6/c1-11-5-4-8-14-9-12-6-2-3-7-13(12)10-15(11)14;1-2/h3-5,7-10H,2,6H2,1H3;1-2H3. The topological polar surface area (TPSA) is 0 Å². The van der Waals surface area contributed by atoms with E-state index in [4.69, 9.17) is 0 Å². The summed E-state index contributed by atoms with van der Waals surface area (Å²) in [5, 5.41) is 2.77. The predicted molar refractivity (Wildman–Crippen MR) is 77.4 cm³/mol. The average Bonchev–Trinajstić information content (AvgIpc) is 2.40. The second-order valence-corrected chi connectivity index (χ2v) is 4.29. The van der Waals surface area contributed by atoms with Gasteiger partial charge in [-0.15, -0.1) is 0 Å². The Morgan fingerprint density at radius 2 is 1.88 bits per heavy atom. The second kappa shape index (κ2) is 5.18. The van der Waals surface area contributed by atoms with E-state index in [1.807, 2.05) is 13.8 Å². The SMILES string of the molecule is CC.Cc1cccc2cc3c(cc12)C=CCC3. The van der Waals surface area contributed by atoms with Crippen molar-refractivity contribution in [2.24, 2.45) is 0 Å². The molecule has 0 aromatic heterocycles. The maximum Gasteiger partial charge on any atom is -0.0149 e. The second-order valence-electron chi connectivity index (χ2n) is 4.29. The first-order chi connectivity index (χ1) is 8.34. The van der Waals surface area contributed by atoms with Gasteiger partial charge in [0, 0.05) is 0 Å². The van der Waals surface area contributed by atoms with Crippen molar-refractivity contribution in [3.8, 4) is 0 Å². The molecular formula is C17H20. The van der Waals surface area contributed by atoms with Crippen LogP contribution in [0.5, 0.6) is 0 Å². The van der Waals surface area contributed by atoms with E-state index in [0.29, 0.717) is 0 Å². The molecular weight excluding hydrogens is 204 g/mol. The fourth-order valence-electron chi connectivity index (χ4n) is 2.37. The molecule has 0 radical (unpaired) electrons. The van der Waals surface area contributed by atoms with Gasteiger partial charge in [0.2, 0.25) is 0 Å². The molecule has 0 saturated carbocycles. The molecule has 1 aliphatic carbocycles. The third kappa shape index (κ3) is 2.26. The molecule has 0 unspecified atom stereocenters. The van der Waals surface area contributed by atoms with Gasteiger partial charge in [-0.1, -0.05) is 50.3 Å². The molecule has 0 aliphatic heterocycles. The number of rotatable bonds is 0. The molecule has 0 fully saturated rings. The third-order valence-electron chi connectivity index (χ3n) is 3.24. The van der Waals surface area contributed by atoms with Crippen molar-refractivity contribution < 1.29 is 0 Å². The number of benzene rings is 2. The minimum Gasteiger partial charge on any atom is -0.0836 e. The number of allylic oxidation sites excluding steroid dienone is 1. The van der Waals surface area contributed by atoms with Crippen LogP contribution >= 0.6 is 0 Å². The largest absolute Gasteiger partial charge is 0.0836 e. The molecule has 17 heavy (non-hydrogen) atoms. The van der Waals surface area contributed by atoms with Crippen LogP contribution in [0.4, 0.5) is 0 Å². The lowest BCUT2D eigenvalue weighted by Crippen LogP contribution is -1.94. The van der Waals surface area contributed by atoms with E-state index >= 15 is 0 Å². The Bertz CT molecular complexity index is 547. The molecule has 0 spiro atoms. The zero-order valence-corrected chi connectivity index (χ0v) is 11.0. The lowest BCUT2D eigenvalue weighted by molar-refractivity contribution is 0.989. The summed E-state index contributed by atoms with van der Waals surface area (Å²) in [6.07, 6.45) is 6.90. The van der Waals surface area contributed by atoms with Gasteiger partial charge in [0.05, 0.1) is 0 Å². The first-order valence-electron chi connectivity index (χ1n) is 6.53. The van der Waals surface area contributed by atoms with E-state index in [9.17, 15) is 0 Å². The quantitative estimate of drug-likeness (QED) is 0.581. The van der Waals surface area contributed by atoms with E-state index in [2.05, 4.69) is 49.4 Å². The molecule has 0 atom stereocenters. The smallest absolute Gasteiger partial charge is 0.0149 e. The normalized spacial score (nSPS) is 12.9. The minimum absolute atomic E-state index is 1.18. The monoisotopic (exact) mass is 224 g/mol. The lowest BCUT2D eigenvalue weighted by atomic mass is 9.92. The van der Waals surface area contributed by atoms with E-state index in [1.165, 1.54) is 40.3 Å². The Morgan fingerprint density at radius 3 is 2.71 bits per heavy atom. The molecule has 88 valence electrons. The predicted octanol–water partition coefficient (Wildman–Crippen LogP) is 5.13. The zero-order valence-electron chi connectivity index (χ0n) is 11.0. The van der Waals surface area contributed by atoms with Gasteiger partial charge in [-0.05, 0) is 53.3 Å². The number of hydrogen-bond acceptors (Lipinski definition) is 0. The third-order valence-corrected chi connectivity index (χ3v) is 3.24. The summed E-state index contributed by atoms with van der Waals surface area (Å²) in [6, 6.07) is 11.2. The Balaban J connectivity index is 0.000000514. The Hall–Kier alpha value is -1.56. The molecule has 0 N–H and O–H groups in total. The summed E-state index contributed by atoms with van der Waals surface area (Å²) in [4.78, 5) is 0. The van der Waals surface area contributed by atoms with Crippen LogP contribution in [0, 0.1) is 6.92 Å². The van der Waals surface area contributed by atoms with Crippen molar-refractivity contribution in [1.82, 2.24) is 0 Å². The van der Waals surface area contributed by atoms with Crippen molar-refractivity contribution >= 4 is 16.8 Å². The maximum absolute atomic E-state index is 2.35. The summed E-state index contributed by atoms with van der Waals surface area (Å²) in [5.41, 5.74) is 4.27. The van der Waals surface area contributed by atoms with Crippen molar-refractivity contribution in [3.05, 3.63) is 53.1 Å². The number of aryl methyl sites for hydroxylation is 2. The Morgan fingerprint density at radius 1 is 1.06 bits per heavy atom. The number of hydrogen-bond donors (Lipinski definition) is 0. The fraction of sp³-hybridized carbons (Fsp3) is 0.294. The fourth-order valence-corrected chi connectivity index (χ4v) is 2.37. The first kappa shape index (κ1) is 11.9. The van der Waals surface area contributed by atoms with E-state index in [-0.39, 0.29) is 0 Å². The highest BCUT2D eigenvalue weighted by molar-refractivity contribution is 5.89. The average molecular weight is 224 g/mol. The van der Waals surface area contributed by atoms with Crippen molar-refractivity contribution in [3.63, 3.8) is 0 Å².